The van der Waals surface area contributed by atoms with Gasteiger partial charge in [0.1, 0.15) is 6.10 Å². The van der Waals surface area contributed by atoms with Crippen LogP contribution in [0.15, 0.2) is 64.9 Å². The van der Waals surface area contributed by atoms with Crippen molar-refractivity contribution in [2.75, 3.05) is 7.11 Å². The molecule has 88 valence electrons. The Morgan fingerprint density at radius 1 is 1.24 bits per heavy atom. The Hall–Kier alpha value is -1.78. The first-order chi connectivity index (χ1) is 8.24. The average Bonchev–Trinajstić information content (AvgIpc) is 2.38. The molecule has 1 aromatic carbocycles. The maximum Gasteiger partial charge on any atom is 0.178 e. The Morgan fingerprint density at radius 3 is 2.71 bits per heavy atom. The van der Waals surface area contributed by atoms with E-state index in [1.807, 2.05) is 48.6 Å². The lowest BCUT2D eigenvalue weighted by Crippen LogP contribution is -2.48. The van der Waals surface area contributed by atoms with Crippen molar-refractivity contribution in [1.29, 1.82) is 0 Å². The molecule has 0 heterocycles. The first kappa shape index (κ1) is 11.7. The van der Waals surface area contributed by atoms with Crippen LogP contribution in [0.3, 0.4) is 0 Å². The highest BCUT2D eigenvalue weighted by Crippen LogP contribution is 2.22. The van der Waals surface area contributed by atoms with E-state index in [0.29, 0.717) is 0 Å². The van der Waals surface area contributed by atoms with Crippen LogP contribution in [0.25, 0.3) is 0 Å². The maximum atomic E-state index is 6.14. The standard InChI is InChI=1S/C13H15N3O/c1-17-12-9-5-6-10-13(12,14)16-15-11-7-3-2-4-8-11/h2-10,12H,14H2,1H3. The van der Waals surface area contributed by atoms with E-state index >= 15 is 0 Å². The average molecular weight is 229 g/mol. The van der Waals surface area contributed by atoms with E-state index in [-0.39, 0.29) is 6.10 Å². The maximum absolute atomic E-state index is 6.14. The third kappa shape index (κ3) is 2.67. The summed E-state index contributed by atoms with van der Waals surface area (Å²) in [7, 11) is 1.60. The van der Waals surface area contributed by atoms with Crippen LogP contribution in [-0.4, -0.2) is 18.9 Å². The van der Waals surface area contributed by atoms with Crippen LogP contribution in [0.5, 0.6) is 0 Å². The molecule has 4 heteroatoms. The Morgan fingerprint density at radius 2 is 2.00 bits per heavy atom. The molecule has 2 rings (SSSR count). The fraction of sp³-hybridized carbons (Fsp3) is 0.231. The second-order valence-corrected chi connectivity index (χ2v) is 3.82. The minimum Gasteiger partial charge on any atom is -0.373 e. The Bertz CT molecular complexity index is 453. The van der Waals surface area contributed by atoms with Gasteiger partial charge in [0, 0.05) is 7.11 Å². The number of ether oxygens (including phenoxy) is 1. The van der Waals surface area contributed by atoms with Crippen LogP contribution in [-0.2, 0) is 4.74 Å². The van der Waals surface area contributed by atoms with E-state index in [1.54, 1.807) is 13.2 Å². The van der Waals surface area contributed by atoms with E-state index in [0.717, 1.165) is 5.69 Å². The molecule has 2 unspecified atom stereocenters. The molecule has 0 aliphatic heterocycles. The number of rotatable bonds is 3. The second-order valence-electron chi connectivity index (χ2n) is 3.82. The molecule has 0 radical (unpaired) electrons. The number of hydrogen-bond acceptors (Lipinski definition) is 4. The molecule has 1 aromatic rings. The Labute approximate surface area is 101 Å². The van der Waals surface area contributed by atoms with Gasteiger partial charge in [-0.1, -0.05) is 36.4 Å². The summed E-state index contributed by atoms with van der Waals surface area (Å²) in [4.78, 5) is 0. The molecule has 0 bridgehead atoms. The predicted molar refractivity (Wildman–Crippen MR) is 67.0 cm³/mol. The van der Waals surface area contributed by atoms with Gasteiger partial charge in [0.2, 0.25) is 0 Å². The minimum atomic E-state index is -0.931. The molecular formula is C13H15N3O. The molecule has 17 heavy (non-hydrogen) atoms. The smallest absolute Gasteiger partial charge is 0.178 e. The van der Waals surface area contributed by atoms with E-state index in [2.05, 4.69) is 10.2 Å². The molecule has 1 aliphatic rings. The largest absolute Gasteiger partial charge is 0.373 e. The zero-order chi connectivity index (χ0) is 12.1. The van der Waals surface area contributed by atoms with E-state index in [1.165, 1.54) is 0 Å². The molecule has 0 saturated carbocycles. The third-order valence-electron chi connectivity index (χ3n) is 2.56. The third-order valence-corrected chi connectivity index (χ3v) is 2.56. The van der Waals surface area contributed by atoms with Gasteiger partial charge in [-0.3, -0.25) is 5.73 Å². The van der Waals surface area contributed by atoms with Crippen molar-refractivity contribution in [3.63, 3.8) is 0 Å². The van der Waals surface area contributed by atoms with Crippen molar-refractivity contribution in [3.8, 4) is 0 Å². The lowest BCUT2D eigenvalue weighted by molar-refractivity contribution is 0.0904. The van der Waals surface area contributed by atoms with Crippen molar-refractivity contribution in [1.82, 2.24) is 0 Å². The molecule has 0 fully saturated rings. The summed E-state index contributed by atoms with van der Waals surface area (Å²) in [6.45, 7) is 0. The van der Waals surface area contributed by atoms with Gasteiger partial charge < -0.3 is 4.74 Å². The first-order valence-electron chi connectivity index (χ1n) is 5.40. The summed E-state index contributed by atoms with van der Waals surface area (Å²) in [6, 6.07) is 9.48. The normalized spacial score (nSPS) is 27.8. The summed E-state index contributed by atoms with van der Waals surface area (Å²) in [5.74, 6) is 0. The molecule has 0 spiro atoms. The number of azo groups is 1. The predicted octanol–water partition coefficient (Wildman–Crippen LogP) is 2.57. The van der Waals surface area contributed by atoms with Crippen LogP contribution in [0, 0.1) is 0 Å². The van der Waals surface area contributed by atoms with Gasteiger partial charge in [-0.15, -0.1) is 0 Å². The molecule has 0 amide bonds. The highest BCUT2D eigenvalue weighted by Gasteiger charge is 2.32. The first-order valence-corrected chi connectivity index (χ1v) is 5.40. The lowest BCUT2D eigenvalue weighted by Gasteiger charge is -2.28. The van der Waals surface area contributed by atoms with Gasteiger partial charge in [0.05, 0.1) is 5.69 Å². The summed E-state index contributed by atoms with van der Waals surface area (Å²) in [5.41, 5.74) is 5.98. The SMILES string of the molecule is COC1C=CC=CC1(N)N=Nc1ccccc1. The summed E-state index contributed by atoms with van der Waals surface area (Å²) < 4.78 is 5.28. The van der Waals surface area contributed by atoms with Crippen LogP contribution < -0.4 is 5.73 Å². The molecule has 4 nitrogen and oxygen atoms in total. The highest BCUT2D eigenvalue weighted by atomic mass is 16.5. The van der Waals surface area contributed by atoms with E-state index < -0.39 is 5.66 Å². The zero-order valence-corrected chi connectivity index (χ0v) is 9.65. The van der Waals surface area contributed by atoms with Gasteiger partial charge in [0.25, 0.3) is 0 Å². The van der Waals surface area contributed by atoms with Crippen molar-refractivity contribution in [2.45, 2.75) is 11.8 Å². The van der Waals surface area contributed by atoms with Crippen molar-refractivity contribution in [3.05, 3.63) is 54.6 Å². The molecule has 2 atom stereocenters. The number of allylic oxidation sites excluding steroid dienone is 2. The summed E-state index contributed by atoms with van der Waals surface area (Å²) in [5, 5.41) is 8.31. The zero-order valence-electron chi connectivity index (χ0n) is 9.65. The monoisotopic (exact) mass is 229 g/mol. The fourth-order valence-electron chi connectivity index (χ4n) is 1.62. The van der Waals surface area contributed by atoms with Crippen molar-refractivity contribution < 1.29 is 4.74 Å². The van der Waals surface area contributed by atoms with Crippen LogP contribution >= 0.6 is 0 Å². The number of benzene rings is 1. The Balaban J connectivity index is 2.19. The van der Waals surface area contributed by atoms with Crippen molar-refractivity contribution in [2.24, 2.45) is 16.0 Å². The van der Waals surface area contributed by atoms with Gasteiger partial charge in [-0.25, -0.2) is 0 Å². The number of methoxy groups -OCH3 is 1. The second kappa shape index (κ2) is 5.03. The van der Waals surface area contributed by atoms with Crippen molar-refractivity contribution >= 4 is 5.69 Å². The molecule has 0 aromatic heterocycles. The number of nitrogens with zero attached hydrogens (tertiary/aromatic N) is 2. The van der Waals surface area contributed by atoms with Gasteiger partial charge >= 0.3 is 0 Å². The van der Waals surface area contributed by atoms with Crippen LogP contribution in [0.2, 0.25) is 0 Å². The molecule has 1 aliphatic carbocycles. The lowest BCUT2D eigenvalue weighted by atomic mass is 10.00. The van der Waals surface area contributed by atoms with Crippen LogP contribution in [0.4, 0.5) is 5.69 Å². The molecular weight excluding hydrogens is 214 g/mol. The quantitative estimate of drug-likeness (QED) is 0.810. The van der Waals surface area contributed by atoms with Gasteiger partial charge in [-0.2, -0.15) is 10.2 Å². The van der Waals surface area contributed by atoms with Crippen LogP contribution in [0.1, 0.15) is 0 Å². The summed E-state index contributed by atoms with van der Waals surface area (Å²) in [6.07, 6.45) is 7.09. The molecule has 0 saturated heterocycles. The summed E-state index contributed by atoms with van der Waals surface area (Å²) >= 11 is 0. The molecule has 2 N–H and O–H groups in total. The number of hydrogen-bond donors (Lipinski definition) is 1. The van der Waals surface area contributed by atoms with Gasteiger partial charge in [-0.05, 0) is 18.2 Å². The Kier molecular flexibility index (Phi) is 3.46. The fourth-order valence-corrected chi connectivity index (χ4v) is 1.62. The number of nitrogens with two attached hydrogens (primary N) is 1. The minimum absolute atomic E-state index is 0.292. The topological polar surface area (TPSA) is 60.0 Å². The van der Waals surface area contributed by atoms with E-state index in [4.69, 9.17) is 10.5 Å². The van der Waals surface area contributed by atoms with E-state index in [9.17, 15) is 0 Å². The highest BCUT2D eigenvalue weighted by molar-refractivity contribution is 5.35. The van der Waals surface area contributed by atoms with Gasteiger partial charge in [0.15, 0.2) is 5.66 Å².